The van der Waals surface area contributed by atoms with E-state index in [1.54, 1.807) is 4.72 Å². The zero-order valence-electron chi connectivity index (χ0n) is 12.1. The summed E-state index contributed by atoms with van der Waals surface area (Å²) < 4.78 is 26.2. The molecule has 0 aliphatic rings. The second-order valence-corrected chi connectivity index (χ2v) is 6.36. The Balaban J connectivity index is 2.31. The van der Waals surface area contributed by atoms with Gasteiger partial charge in [0.25, 0.3) is 15.9 Å². The molecule has 0 fully saturated rings. The largest absolute Gasteiger partial charge is 0.478 e. The van der Waals surface area contributed by atoms with Crippen molar-refractivity contribution in [1.82, 2.24) is 4.72 Å². The fraction of sp³-hybridized carbons (Fsp3) is 0. The molecule has 9 heteroatoms. The van der Waals surface area contributed by atoms with Crippen molar-refractivity contribution >= 4 is 27.8 Å². The van der Waals surface area contributed by atoms with Gasteiger partial charge in [-0.3, -0.25) is 9.59 Å². The molecule has 24 heavy (non-hydrogen) atoms. The van der Waals surface area contributed by atoms with Crippen LogP contribution < -0.4 is 10.5 Å². The summed E-state index contributed by atoms with van der Waals surface area (Å²) >= 11 is 0. The smallest absolute Gasteiger partial charge is 0.336 e. The summed E-state index contributed by atoms with van der Waals surface area (Å²) in [6, 6.07) is 9.83. The number of benzene rings is 2. The molecule has 2 rings (SSSR count). The van der Waals surface area contributed by atoms with E-state index in [2.05, 4.69) is 0 Å². The van der Waals surface area contributed by atoms with Crippen molar-refractivity contribution in [3.63, 3.8) is 0 Å². The van der Waals surface area contributed by atoms with E-state index in [0.29, 0.717) is 0 Å². The third kappa shape index (κ3) is 3.58. The number of carboxylic acids is 1. The number of rotatable bonds is 5. The number of hydrogen-bond donors (Lipinski definition) is 3. The van der Waals surface area contributed by atoms with Crippen LogP contribution in [0.4, 0.5) is 0 Å². The molecule has 0 saturated heterocycles. The van der Waals surface area contributed by atoms with Gasteiger partial charge in [0.2, 0.25) is 5.91 Å². The molecule has 0 heterocycles. The fourth-order valence-corrected chi connectivity index (χ4v) is 2.87. The highest BCUT2D eigenvalue weighted by Crippen LogP contribution is 2.13. The minimum absolute atomic E-state index is 0.108. The van der Waals surface area contributed by atoms with Crippen molar-refractivity contribution in [1.29, 1.82) is 0 Å². The minimum atomic E-state index is -4.24. The molecular weight excluding hydrogens is 336 g/mol. The summed E-state index contributed by atoms with van der Waals surface area (Å²) in [6.07, 6.45) is 0. The van der Waals surface area contributed by atoms with Gasteiger partial charge in [-0.2, -0.15) is 0 Å². The van der Waals surface area contributed by atoms with E-state index in [-0.39, 0.29) is 21.6 Å². The molecule has 0 aliphatic carbocycles. The topological polar surface area (TPSA) is 144 Å². The number of carbonyl (C=O) groups is 3. The molecule has 0 saturated carbocycles. The van der Waals surface area contributed by atoms with E-state index in [1.807, 2.05) is 0 Å². The summed E-state index contributed by atoms with van der Waals surface area (Å²) in [5, 5.41) is 9.04. The highest BCUT2D eigenvalue weighted by Gasteiger charge is 2.22. The van der Waals surface area contributed by atoms with Crippen molar-refractivity contribution in [3.05, 3.63) is 65.2 Å². The maximum Gasteiger partial charge on any atom is 0.336 e. The number of amides is 2. The number of hydrogen-bond acceptors (Lipinski definition) is 5. The fourth-order valence-electron chi connectivity index (χ4n) is 1.90. The van der Waals surface area contributed by atoms with Crippen LogP contribution in [0.5, 0.6) is 0 Å². The van der Waals surface area contributed by atoms with Gasteiger partial charge in [-0.05, 0) is 36.4 Å². The van der Waals surface area contributed by atoms with Crippen LogP contribution in [-0.2, 0) is 10.0 Å². The van der Waals surface area contributed by atoms with E-state index >= 15 is 0 Å². The van der Waals surface area contributed by atoms with Crippen molar-refractivity contribution in [3.8, 4) is 0 Å². The number of primary amides is 1. The molecule has 124 valence electrons. The Hall–Kier alpha value is -3.20. The summed E-state index contributed by atoms with van der Waals surface area (Å²) in [5.41, 5.74) is 4.55. The van der Waals surface area contributed by atoms with E-state index in [4.69, 9.17) is 10.8 Å². The molecule has 2 aromatic carbocycles. The Morgan fingerprint density at radius 2 is 1.46 bits per heavy atom. The van der Waals surface area contributed by atoms with Crippen molar-refractivity contribution in [2.24, 2.45) is 5.73 Å². The molecule has 0 unspecified atom stereocenters. The molecule has 2 aromatic rings. The number of nitrogens with two attached hydrogens (primary N) is 1. The first-order valence-electron chi connectivity index (χ1n) is 6.51. The van der Waals surface area contributed by atoms with Crippen molar-refractivity contribution < 1.29 is 27.9 Å². The van der Waals surface area contributed by atoms with Gasteiger partial charge in [-0.1, -0.05) is 12.1 Å². The van der Waals surface area contributed by atoms with Gasteiger partial charge in [0.05, 0.1) is 16.0 Å². The maximum atomic E-state index is 12.2. The molecule has 0 radical (unpaired) electrons. The van der Waals surface area contributed by atoms with Gasteiger partial charge in [0, 0.05) is 5.56 Å². The number of carbonyl (C=O) groups excluding carboxylic acids is 2. The Labute approximate surface area is 137 Å². The Bertz CT molecular complexity index is 919. The van der Waals surface area contributed by atoms with Crippen LogP contribution in [0.3, 0.4) is 0 Å². The minimum Gasteiger partial charge on any atom is -0.478 e. The molecule has 8 nitrogen and oxygen atoms in total. The molecule has 2 amide bonds. The molecule has 0 spiro atoms. The van der Waals surface area contributed by atoms with E-state index in [0.717, 1.165) is 12.1 Å². The second-order valence-electron chi connectivity index (χ2n) is 4.67. The quantitative estimate of drug-likeness (QED) is 0.722. The van der Waals surface area contributed by atoms with Gasteiger partial charge in [-0.25, -0.2) is 17.9 Å². The predicted octanol–water partition coefficient (Wildman–Crippen LogP) is 0.602. The lowest BCUT2D eigenvalue weighted by atomic mass is 10.1. The van der Waals surface area contributed by atoms with Crippen molar-refractivity contribution in [2.45, 2.75) is 4.90 Å². The van der Waals surface area contributed by atoms with E-state index < -0.39 is 27.8 Å². The highest BCUT2D eigenvalue weighted by atomic mass is 32.2. The van der Waals surface area contributed by atoms with Gasteiger partial charge in [0.15, 0.2) is 0 Å². The lowest BCUT2D eigenvalue weighted by Gasteiger charge is -2.09. The van der Waals surface area contributed by atoms with E-state index in [1.165, 1.54) is 36.4 Å². The molecule has 0 atom stereocenters. The zero-order valence-corrected chi connectivity index (χ0v) is 12.9. The van der Waals surface area contributed by atoms with Crippen LogP contribution in [0, 0.1) is 0 Å². The summed E-state index contributed by atoms with van der Waals surface area (Å²) in [6.45, 7) is 0. The van der Waals surface area contributed by atoms with Crippen LogP contribution in [0.25, 0.3) is 0 Å². The van der Waals surface area contributed by atoms with Gasteiger partial charge >= 0.3 is 5.97 Å². The molecule has 0 aromatic heterocycles. The Morgan fingerprint density at radius 1 is 0.917 bits per heavy atom. The summed E-state index contributed by atoms with van der Waals surface area (Å²) in [4.78, 5) is 33.9. The van der Waals surface area contributed by atoms with Crippen LogP contribution in [0.15, 0.2) is 53.4 Å². The van der Waals surface area contributed by atoms with Gasteiger partial charge < -0.3 is 10.8 Å². The van der Waals surface area contributed by atoms with Crippen LogP contribution in [0.2, 0.25) is 0 Å². The zero-order chi connectivity index (χ0) is 17.9. The summed E-state index contributed by atoms with van der Waals surface area (Å²) in [7, 11) is -4.24. The first-order valence-corrected chi connectivity index (χ1v) is 8.00. The standard InChI is InChI=1S/C15H12N2O6S/c16-13(18)9-5-7-10(8-6-9)24(22,23)17-14(19)11-3-1-2-4-12(11)15(20)21/h1-8H,(H2,16,18)(H,17,19)(H,20,21). The average Bonchev–Trinajstić information content (AvgIpc) is 2.54. The third-order valence-electron chi connectivity index (χ3n) is 3.08. The molecule has 0 aliphatic heterocycles. The van der Waals surface area contributed by atoms with Gasteiger partial charge in [-0.15, -0.1) is 0 Å². The molecular formula is C15H12N2O6S. The summed E-state index contributed by atoms with van der Waals surface area (Å²) in [5.74, 6) is -3.16. The molecule has 4 N–H and O–H groups in total. The first-order chi connectivity index (χ1) is 11.2. The SMILES string of the molecule is NC(=O)c1ccc(S(=O)(=O)NC(=O)c2ccccc2C(=O)O)cc1. The number of carboxylic acid groups (broad SMARTS) is 1. The van der Waals surface area contributed by atoms with E-state index in [9.17, 15) is 22.8 Å². The lowest BCUT2D eigenvalue weighted by molar-refractivity contribution is 0.0691. The highest BCUT2D eigenvalue weighted by molar-refractivity contribution is 7.90. The number of aromatic carboxylic acids is 1. The van der Waals surface area contributed by atoms with Gasteiger partial charge in [0.1, 0.15) is 0 Å². The Morgan fingerprint density at radius 3 is 1.96 bits per heavy atom. The normalized spacial score (nSPS) is 10.8. The van der Waals surface area contributed by atoms with Crippen LogP contribution in [0.1, 0.15) is 31.1 Å². The maximum absolute atomic E-state index is 12.2. The number of sulfonamides is 1. The lowest BCUT2D eigenvalue weighted by Crippen LogP contribution is -2.31. The second kappa shape index (κ2) is 6.50. The predicted molar refractivity (Wildman–Crippen MR) is 83.0 cm³/mol. The molecule has 0 bridgehead atoms. The third-order valence-corrected chi connectivity index (χ3v) is 4.43. The Kier molecular flexibility index (Phi) is 4.65. The number of nitrogens with one attached hydrogen (secondary N) is 1. The first kappa shape index (κ1) is 17.2. The van der Waals surface area contributed by atoms with Crippen LogP contribution >= 0.6 is 0 Å². The van der Waals surface area contributed by atoms with Crippen LogP contribution in [-0.4, -0.2) is 31.3 Å². The monoisotopic (exact) mass is 348 g/mol. The average molecular weight is 348 g/mol. The van der Waals surface area contributed by atoms with Crippen molar-refractivity contribution in [2.75, 3.05) is 0 Å².